The molecule has 0 heterocycles. The summed E-state index contributed by atoms with van der Waals surface area (Å²) < 4.78 is 5.39. The van der Waals surface area contributed by atoms with Crippen LogP contribution < -0.4 is 4.74 Å². The highest BCUT2D eigenvalue weighted by atomic mass is 32.2. The normalized spacial score (nSPS) is 11.9. The summed E-state index contributed by atoms with van der Waals surface area (Å²) in [6.45, 7) is 2.56. The predicted octanol–water partition coefficient (Wildman–Crippen LogP) is 3.87. The van der Waals surface area contributed by atoms with Gasteiger partial charge in [0.2, 0.25) is 0 Å². The smallest absolute Gasteiger partial charge is 0.317 e. The van der Waals surface area contributed by atoms with E-state index in [1.54, 1.807) is 0 Å². The summed E-state index contributed by atoms with van der Waals surface area (Å²) in [5, 5.41) is 8.89. The Kier molecular flexibility index (Phi) is 5.69. The molecule has 2 aromatic carbocycles. The van der Waals surface area contributed by atoms with Crippen molar-refractivity contribution in [1.29, 1.82) is 0 Å². The number of ether oxygens (including phenoxy) is 1. The van der Waals surface area contributed by atoms with Crippen LogP contribution in [0.15, 0.2) is 59.5 Å². The molecule has 0 radical (unpaired) electrons. The van der Waals surface area contributed by atoms with Crippen LogP contribution in [0.3, 0.4) is 0 Å². The van der Waals surface area contributed by atoms with Gasteiger partial charge in [0.15, 0.2) is 0 Å². The molecule has 0 aliphatic rings. The average Bonchev–Trinajstić information content (AvgIpc) is 2.50. The summed E-state index contributed by atoms with van der Waals surface area (Å²) in [5.74, 6) is 0.0153. The summed E-state index contributed by atoms with van der Waals surface area (Å²) in [6, 6.07) is 17.2. The van der Waals surface area contributed by atoms with Crippen LogP contribution in [-0.2, 0) is 11.2 Å². The van der Waals surface area contributed by atoms with E-state index >= 15 is 0 Å². The lowest BCUT2D eigenvalue weighted by Gasteiger charge is -2.12. The summed E-state index contributed by atoms with van der Waals surface area (Å²) in [7, 11) is 0. The molecule has 0 aliphatic heterocycles. The molecule has 2 aromatic rings. The first-order valence-electron chi connectivity index (χ1n) is 6.85. The Morgan fingerprint density at radius 3 is 2.38 bits per heavy atom. The molecule has 3 nitrogen and oxygen atoms in total. The number of benzene rings is 2. The molecule has 0 aliphatic carbocycles. The van der Waals surface area contributed by atoms with Crippen molar-refractivity contribution in [3.8, 4) is 5.75 Å². The molecule has 1 atom stereocenters. The van der Waals surface area contributed by atoms with Crippen molar-refractivity contribution in [3.05, 3.63) is 60.2 Å². The lowest BCUT2D eigenvalue weighted by molar-refractivity contribution is -0.136. The molecule has 4 heteroatoms. The molecule has 21 heavy (non-hydrogen) atoms. The van der Waals surface area contributed by atoms with Gasteiger partial charge in [-0.25, -0.2) is 0 Å². The summed E-state index contributed by atoms with van der Waals surface area (Å²) in [6.07, 6.45) is 0.487. The minimum Gasteiger partial charge on any atom is -0.494 e. The van der Waals surface area contributed by atoms with Crippen molar-refractivity contribution in [2.75, 3.05) is 6.61 Å². The fourth-order valence-electron chi connectivity index (χ4n) is 1.95. The molecule has 0 amide bonds. The molecule has 0 aromatic heterocycles. The van der Waals surface area contributed by atoms with Gasteiger partial charge in [0.25, 0.3) is 0 Å². The van der Waals surface area contributed by atoms with Gasteiger partial charge in [0.1, 0.15) is 11.0 Å². The highest BCUT2D eigenvalue weighted by molar-refractivity contribution is 8.00. The maximum absolute atomic E-state index is 11.4. The van der Waals surface area contributed by atoms with E-state index < -0.39 is 11.2 Å². The van der Waals surface area contributed by atoms with Crippen molar-refractivity contribution in [2.24, 2.45) is 0 Å². The zero-order valence-corrected chi connectivity index (χ0v) is 12.7. The van der Waals surface area contributed by atoms with Crippen molar-refractivity contribution in [3.63, 3.8) is 0 Å². The van der Waals surface area contributed by atoms with Crippen molar-refractivity contribution < 1.29 is 14.6 Å². The maximum Gasteiger partial charge on any atom is 0.317 e. The predicted molar refractivity (Wildman–Crippen MR) is 85.0 cm³/mol. The lowest BCUT2D eigenvalue weighted by Crippen LogP contribution is -2.19. The second kappa shape index (κ2) is 7.74. The van der Waals surface area contributed by atoms with E-state index in [0.717, 1.165) is 16.2 Å². The maximum atomic E-state index is 11.4. The second-order valence-corrected chi connectivity index (χ2v) is 5.82. The Bertz CT molecular complexity index is 566. The largest absolute Gasteiger partial charge is 0.494 e. The fourth-order valence-corrected chi connectivity index (χ4v) is 2.96. The van der Waals surface area contributed by atoms with Gasteiger partial charge in [-0.2, -0.15) is 0 Å². The molecule has 2 rings (SSSR count). The molecule has 0 fully saturated rings. The minimum absolute atomic E-state index is 0.487. The first kappa shape index (κ1) is 15.4. The quantitative estimate of drug-likeness (QED) is 0.789. The third kappa shape index (κ3) is 4.83. The van der Waals surface area contributed by atoms with E-state index in [9.17, 15) is 9.90 Å². The Morgan fingerprint density at radius 2 is 1.81 bits per heavy atom. The van der Waals surface area contributed by atoms with Crippen LogP contribution in [0.1, 0.15) is 12.5 Å². The fraction of sp³-hybridized carbons (Fsp3) is 0.235. The van der Waals surface area contributed by atoms with Crippen LogP contribution in [0.25, 0.3) is 0 Å². The standard InChI is InChI=1S/C17H18O3S/c1-2-20-14-10-8-13(9-11-14)12-16(17(18)19)21-15-6-4-3-5-7-15/h3-11,16H,2,12H2,1H3,(H,18,19)/t16-/m1/s1. The monoisotopic (exact) mass is 302 g/mol. The van der Waals surface area contributed by atoms with Crippen LogP contribution in [0.5, 0.6) is 5.75 Å². The Balaban J connectivity index is 2.04. The number of hydrogen-bond donors (Lipinski definition) is 1. The van der Waals surface area contributed by atoms with E-state index in [1.165, 1.54) is 11.8 Å². The van der Waals surface area contributed by atoms with Gasteiger partial charge in [-0.05, 0) is 43.2 Å². The molecule has 0 bridgehead atoms. The van der Waals surface area contributed by atoms with Gasteiger partial charge in [-0.15, -0.1) is 11.8 Å². The third-order valence-corrected chi connectivity index (χ3v) is 4.15. The molecule has 0 unspecified atom stereocenters. The molecule has 0 saturated carbocycles. The van der Waals surface area contributed by atoms with E-state index in [0.29, 0.717) is 13.0 Å². The van der Waals surface area contributed by atoms with Gasteiger partial charge >= 0.3 is 5.97 Å². The molecule has 110 valence electrons. The molecule has 0 saturated heterocycles. The van der Waals surface area contributed by atoms with Crippen LogP contribution in [0, 0.1) is 0 Å². The minimum atomic E-state index is -0.794. The van der Waals surface area contributed by atoms with Gasteiger partial charge in [0, 0.05) is 4.90 Å². The third-order valence-electron chi connectivity index (χ3n) is 2.95. The number of aliphatic carboxylic acids is 1. The van der Waals surface area contributed by atoms with Crippen molar-refractivity contribution in [1.82, 2.24) is 0 Å². The highest BCUT2D eigenvalue weighted by Gasteiger charge is 2.19. The van der Waals surface area contributed by atoms with Crippen LogP contribution >= 0.6 is 11.8 Å². The molecule has 0 spiro atoms. The van der Waals surface area contributed by atoms with Gasteiger partial charge in [-0.1, -0.05) is 30.3 Å². The van der Waals surface area contributed by atoms with Crippen LogP contribution in [0.4, 0.5) is 0 Å². The Hall–Kier alpha value is -1.94. The van der Waals surface area contributed by atoms with Gasteiger partial charge in [0.05, 0.1) is 6.61 Å². The summed E-state index contributed by atoms with van der Waals surface area (Å²) >= 11 is 1.38. The van der Waals surface area contributed by atoms with E-state index in [-0.39, 0.29) is 0 Å². The first-order chi connectivity index (χ1) is 10.2. The number of thioether (sulfide) groups is 1. The summed E-state index contributed by atoms with van der Waals surface area (Å²) in [4.78, 5) is 12.4. The number of hydrogen-bond acceptors (Lipinski definition) is 3. The van der Waals surface area contributed by atoms with E-state index in [2.05, 4.69) is 0 Å². The van der Waals surface area contributed by atoms with Crippen molar-refractivity contribution in [2.45, 2.75) is 23.5 Å². The molecule has 1 N–H and O–H groups in total. The Labute approximate surface area is 129 Å². The zero-order valence-electron chi connectivity index (χ0n) is 11.9. The SMILES string of the molecule is CCOc1ccc(C[C@@H](Sc2ccccc2)C(=O)O)cc1. The number of carboxylic acids is 1. The molecular formula is C17H18O3S. The number of carboxylic acid groups (broad SMARTS) is 1. The van der Waals surface area contributed by atoms with Crippen LogP contribution in [-0.4, -0.2) is 22.9 Å². The number of carbonyl (C=O) groups is 1. The van der Waals surface area contributed by atoms with Crippen molar-refractivity contribution >= 4 is 17.7 Å². The second-order valence-electron chi connectivity index (χ2n) is 4.54. The molecular weight excluding hydrogens is 284 g/mol. The topological polar surface area (TPSA) is 46.5 Å². The number of rotatable bonds is 7. The summed E-state index contributed by atoms with van der Waals surface area (Å²) in [5.41, 5.74) is 0.995. The van der Waals surface area contributed by atoms with Gasteiger partial charge in [-0.3, -0.25) is 4.79 Å². The van der Waals surface area contributed by atoms with E-state index in [4.69, 9.17) is 4.74 Å². The van der Waals surface area contributed by atoms with E-state index in [1.807, 2.05) is 61.5 Å². The van der Waals surface area contributed by atoms with Gasteiger partial charge < -0.3 is 9.84 Å². The zero-order chi connectivity index (χ0) is 15.1. The highest BCUT2D eigenvalue weighted by Crippen LogP contribution is 2.26. The van der Waals surface area contributed by atoms with Crippen LogP contribution in [0.2, 0.25) is 0 Å². The average molecular weight is 302 g/mol. The first-order valence-corrected chi connectivity index (χ1v) is 7.73. The Morgan fingerprint density at radius 1 is 1.14 bits per heavy atom. The lowest BCUT2D eigenvalue weighted by atomic mass is 10.1.